The fourth-order valence-electron chi connectivity index (χ4n) is 3.12. The molecule has 0 atom stereocenters. The van der Waals surface area contributed by atoms with Gasteiger partial charge < -0.3 is 10.2 Å². The number of nitrogens with zero attached hydrogens (tertiary/aromatic N) is 3. The van der Waals surface area contributed by atoms with Crippen LogP contribution in [0.3, 0.4) is 0 Å². The van der Waals surface area contributed by atoms with Crippen LogP contribution in [-0.2, 0) is 4.79 Å². The first-order valence-electron chi connectivity index (χ1n) is 8.02. The van der Waals surface area contributed by atoms with Gasteiger partial charge in [-0.05, 0) is 45.6 Å². The summed E-state index contributed by atoms with van der Waals surface area (Å²) in [4.78, 5) is 18.5. The number of amides is 1. The highest BCUT2D eigenvalue weighted by Crippen LogP contribution is 2.30. The zero-order valence-electron chi connectivity index (χ0n) is 13.2. The van der Waals surface area contributed by atoms with E-state index >= 15 is 0 Å². The molecule has 2 heterocycles. The van der Waals surface area contributed by atoms with Crippen LogP contribution in [0.2, 0.25) is 0 Å². The number of nitrogens with one attached hydrogen (secondary N) is 1. The number of carbonyl (C=O) groups excluding carboxylic acids is 1. The molecule has 0 radical (unpaired) electrons. The van der Waals surface area contributed by atoms with Crippen LogP contribution in [0.15, 0.2) is 6.07 Å². The third-order valence-corrected chi connectivity index (χ3v) is 4.55. The van der Waals surface area contributed by atoms with E-state index in [2.05, 4.69) is 21.3 Å². The largest absolute Gasteiger partial charge is 0.370 e. The molecule has 1 amide bonds. The van der Waals surface area contributed by atoms with E-state index in [4.69, 9.17) is 0 Å². The van der Waals surface area contributed by atoms with Crippen LogP contribution in [0.5, 0.6) is 0 Å². The maximum atomic E-state index is 11.8. The zero-order chi connectivity index (χ0) is 15.7. The number of hydrogen-bond donors (Lipinski definition) is 1. The molecule has 1 N–H and O–H groups in total. The molecule has 1 saturated heterocycles. The lowest BCUT2D eigenvalue weighted by molar-refractivity contribution is -0.123. The summed E-state index contributed by atoms with van der Waals surface area (Å²) in [6.07, 6.45) is 3.96. The van der Waals surface area contributed by atoms with Gasteiger partial charge in [-0.15, -0.1) is 0 Å². The van der Waals surface area contributed by atoms with Crippen molar-refractivity contribution in [1.82, 2.24) is 10.3 Å². The molecule has 0 spiro atoms. The number of aryl methyl sites for hydroxylation is 2. The fraction of sp³-hybridized carbons (Fsp3) is 0.588. The van der Waals surface area contributed by atoms with Gasteiger partial charge in [-0.2, -0.15) is 5.26 Å². The van der Waals surface area contributed by atoms with E-state index in [-0.39, 0.29) is 17.9 Å². The SMILES string of the molecule is Cc1cc(N2CCC(NC(=O)C3CC3)CC2)c(C#N)c(C)n1. The second-order valence-electron chi connectivity index (χ2n) is 6.40. The van der Waals surface area contributed by atoms with Gasteiger partial charge in [0.05, 0.1) is 16.9 Å². The molecule has 2 fully saturated rings. The molecule has 0 aromatic carbocycles. The summed E-state index contributed by atoms with van der Waals surface area (Å²) in [7, 11) is 0. The fourth-order valence-corrected chi connectivity index (χ4v) is 3.12. The van der Waals surface area contributed by atoms with Crippen LogP contribution in [0, 0.1) is 31.1 Å². The number of nitriles is 1. The summed E-state index contributed by atoms with van der Waals surface area (Å²) >= 11 is 0. The number of piperidine rings is 1. The van der Waals surface area contributed by atoms with Gasteiger partial charge in [0.15, 0.2) is 0 Å². The van der Waals surface area contributed by atoms with Crippen LogP contribution < -0.4 is 10.2 Å². The Labute approximate surface area is 131 Å². The van der Waals surface area contributed by atoms with Crippen molar-refractivity contribution in [2.75, 3.05) is 18.0 Å². The predicted octanol–water partition coefficient (Wildman–Crippen LogP) is 2.07. The number of hydrogen-bond acceptors (Lipinski definition) is 4. The van der Waals surface area contributed by atoms with Gasteiger partial charge in [0.25, 0.3) is 0 Å². The number of rotatable bonds is 3. The van der Waals surface area contributed by atoms with Crippen LogP contribution in [0.4, 0.5) is 5.69 Å². The molecule has 5 nitrogen and oxygen atoms in total. The van der Waals surface area contributed by atoms with E-state index in [9.17, 15) is 10.1 Å². The van der Waals surface area contributed by atoms with Crippen molar-refractivity contribution in [2.45, 2.75) is 45.6 Å². The minimum atomic E-state index is 0.228. The van der Waals surface area contributed by atoms with Crippen LogP contribution in [-0.4, -0.2) is 30.0 Å². The summed E-state index contributed by atoms with van der Waals surface area (Å²) < 4.78 is 0. The molecule has 5 heteroatoms. The van der Waals surface area contributed by atoms with Gasteiger partial charge in [-0.25, -0.2) is 0 Å². The lowest BCUT2D eigenvalue weighted by Gasteiger charge is -2.34. The Bertz CT molecular complexity index is 622. The summed E-state index contributed by atoms with van der Waals surface area (Å²) in [6, 6.07) is 4.55. The molecular formula is C17H22N4O. The van der Waals surface area contributed by atoms with Crippen molar-refractivity contribution < 1.29 is 4.79 Å². The van der Waals surface area contributed by atoms with E-state index in [1.807, 2.05) is 19.9 Å². The smallest absolute Gasteiger partial charge is 0.223 e. The topological polar surface area (TPSA) is 69.0 Å². The van der Waals surface area contributed by atoms with Gasteiger partial charge >= 0.3 is 0 Å². The first-order valence-corrected chi connectivity index (χ1v) is 8.02. The molecule has 116 valence electrons. The summed E-state index contributed by atoms with van der Waals surface area (Å²) in [6.45, 7) is 5.58. The molecule has 0 unspecified atom stereocenters. The number of anilines is 1. The van der Waals surface area contributed by atoms with Crippen molar-refractivity contribution in [3.8, 4) is 6.07 Å². The van der Waals surface area contributed by atoms with E-state index in [0.29, 0.717) is 5.56 Å². The Morgan fingerprint density at radius 2 is 2.00 bits per heavy atom. The number of pyridine rings is 1. The molecule has 3 rings (SSSR count). The minimum absolute atomic E-state index is 0.228. The van der Waals surface area contributed by atoms with Crippen molar-refractivity contribution >= 4 is 11.6 Å². The Morgan fingerprint density at radius 1 is 1.32 bits per heavy atom. The van der Waals surface area contributed by atoms with Crippen LogP contribution in [0.1, 0.15) is 42.6 Å². The van der Waals surface area contributed by atoms with Gasteiger partial charge in [0, 0.05) is 30.7 Å². The van der Waals surface area contributed by atoms with Crippen molar-refractivity contribution in [3.63, 3.8) is 0 Å². The summed E-state index contributed by atoms with van der Waals surface area (Å²) in [5.74, 6) is 0.500. The van der Waals surface area contributed by atoms with Gasteiger partial charge in [0.1, 0.15) is 6.07 Å². The Kier molecular flexibility index (Phi) is 4.02. The Morgan fingerprint density at radius 3 is 2.59 bits per heavy atom. The molecule has 2 aliphatic rings. The molecule has 0 bridgehead atoms. The summed E-state index contributed by atoms with van der Waals surface area (Å²) in [5.41, 5.74) is 3.39. The van der Waals surface area contributed by atoms with Gasteiger partial charge in [0.2, 0.25) is 5.91 Å². The highest BCUT2D eigenvalue weighted by atomic mass is 16.2. The molecule has 1 aromatic heterocycles. The average Bonchev–Trinajstić information content (AvgIpc) is 3.32. The zero-order valence-corrected chi connectivity index (χ0v) is 13.2. The maximum Gasteiger partial charge on any atom is 0.223 e. The van der Waals surface area contributed by atoms with Crippen molar-refractivity contribution in [3.05, 3.63) is 23.0 Å². The third-order valence-electron chi connectivity index (χ3n) is 4.55. The normalized spacial score (nSPS) is 18.9. The van der Waals surface area contributed by atoms with E-state index in [0.717, 1.165) is 55.8 Å². The number of aromatic nitrogens is 1. The Hall–Kier alpha value is -2.09. The third kappa shape index (κ3) is 3.06. The quantitative estimate of drug-likeness (QED) is 0.927. The summed E-state index contributed by atoms with van der Waals surface area (Å²) in [5, 5.41) is 12.5. The standard InChI is InChI=1S/C17H22N4O/c1-11-9-16(15(10-18)12(2)19-11)21-7-5-14(6-8-21)20-17(22)13-3-4-13/h9,13-14H,3-8H2,1-2H3,(H,20,22). The lowest BCUT2D eigenvalue weighted by atomic mass is 10.0. The van der Waals surface area contributed by atoms with Crippen molar-refractivity contribution in [1.29, 1.82) is 5.26 Å². The molecule has 1 aliphatic carbocycles. The number of carbonyl (C=O) groups is 1. The van der Waals surface area contributed by atoms with E-state index < -0.39 is 0 Å². The second kappa shape index (κ2) is 5.96. The van der Waals surface area contributed by atoms with Gasteiger partial charge in [-0.3, -0.25) is 9.78 Å². The Balaban J connectivity index is 1.66. The molecular weight excluding hydrogens is 276 g/mol. The van der Waals surface area contributed by atoms with Gasteiger partial charge in [-0.1, -0.05) is 0 Å². The van der Waals surface area contributed by atoms with E-state index in [1.54, 1.807) is 0 Å². The average molecular weight is 298 g/mol. The second-order valence-corrected chi connectivity index (χ2v) is 6.40. The molecule has 1 aromatic rings. The molecule has 1 aliphatic heterocycles. The highest BCUT2D eigenvalue weighted by molar-refractivity contribution is 5.81. The first kappa shape index (κ1) is 14.8. The van der Waals surface area contributed by atoms with Crippen LogP contribution >= 0.6 is 0 Å². The minimum Gasteiger partial charge on any atom is -0.370 e. The lowest BCUT2D eigenvalue weighted by Crippen LogP contribution is -2.45. The molecule has 22 heavy (non-hydrogen) atoms. The van der Waals surface area contributed by atoms with E-state index in [1.165, 1.54) is 0 Å². The maximum absolute atomic E-state index is 11.8. The predicted molar refractivity (Wildman–Crippen MR) is 84.5 cm³/mol. The highest BCUT2D eigenvalue weighted by Gasteiger charge is 2.32. The first-order chi connectivity index (χ1) is 10.6. The van der Waals surface area contributed by atoms with Crippen LogP contribution in [0.25, 0.3) is 0 Å². The van der Waals surface area contributed by atoms with Crippen molar-refractivity contribution in [2.24, 2.45) is 5.92 Å². The molecule has 1 saturated carbocycles. The monoisotopic (exact) mass is 298 g/mol.